The first-order valence-electron chi connectivity index (χ1n) is 10.4. The number of piperidine rings is 1. The van der Waals surface area contributed by atoms with E-state index in [2.05, 4.69) is 23.1 Å². The van der Waals surface area contributed by atoms with Crippen LogP contribution in [0.1, 0.15) is 54.7 Å². The molecular weight excluding hydrogens is 343 g/mol. The maximum absolute atomic E-state index is 13.7. The summed E-state index contributed by atoms with van der Waals surface area (Å²) in [7, 11) is 0. The van der Waals surface area contributed by atoms with Gasteiger partial charge >= 0.3 is 0 Å². The fraction of sp³-hybridized carbons (Fsp3) is 0.636. The molecule has 1 aromatic rings. The van der Waals surface area contributed by atoms with Gasteiger partial charge in [-0.1, -0.05) is 18.2 Å². The Hall–Kier alpha value is -1.75. The Morgan fingerprint density at radius 1 is 1.11 bits per heavy atom. The standard InChI is InChI=1S/C22H29FN2O2/c23-19-9-11-24(13-19)14-21-20(6-3-10-25(21)22(27)15-26)18-8-7-16-4-1-2-5-17(16)12-18/h7-8,12,15,19-21H,1-6,9-11,13-14H2/t19-,20?,21+/m0/s1. The number of carbonyl (C=O) groups is 2. The van der Waals surface area contributed by atoms with Gasteiger partial charge in [-0.15, -0.1) is 0 Å². The van der Waals surface area contributed by atoms with Gasteiger partial charge in [0, 0.05) is 32.1 Å². The predicted octanol–water partition coefficient (Wildman–Crippen LogP) is 2.88. The molecule has 0 radical (unpaired) electrons. The fourth-order valence-corrected chi connectivity index (χ4v) is 5.21. The van der Waals surface area contributed by atoms with E-state index in [-0.39, 0.29) is 12.0 Å². The van der Waals surface area contributed by atoms with E-state index in [1.54, 1.807) is 4.90 Å². The molecule has 0 spiro atoms. The summed E-state index contributed by atoms with van der Waals surface area (Å²) in [6, 6.07) is 6.76. The van der Waals surface area contributed by atoms with Gasteiger partial charge in [-0.25, -0.2) is 4.39 Å². The van der Waals surface area contributed by atoms with Crippen LogP contribution in [0.4, 0.5) is 4.39 Å². The van der Waals surface area contributed by atoms with Crippen LogP contribution in [0.3, 0.4) is 0 Å². The minimum Gasteiger partial charge on any atom is -0.331 e. The van der Waals surface area contributed by atoms with Gasteiger partial charge in [-0.05, 0) is 61.6 Å². The number of alkyl halides is 1. The zero-order chi connectivity index (χ0) is 18.8. The molecule has 5 heteroatoms. The van der Waals surface area contributed by atoms with E-state index in [1.807, 2.05) is 0 Å². The van der Waals surface area contributed by atoms with Crippen molar-refractivity contribution in [3.05, 3.63) is 34.9 Å². The third-order valence-corrected chi connectivity index (χ3v) is 6.62. The van der Waals surface area contributed by atoms with E-state index in [9.17, 15) is 14.0 Å². The second kappa shape index (κ2) is 8.09. The summed E-state index contributed by atoms with van der Waals surface area (Å²) >= 11 is 0. The highest BCUT2D eigenvalue weighted by Crippen LogP contribution is 2.36. The summed E-state index contributed by atoms with van der Waals surface area (Å²) in [6.07, 6.45) is 6.94. The van der Waals surface area contributed by atoms with Crippen LogP contribution in [-0.2, 0) is 22.4 Å². The Balaban J connectivity index is 1.61. The third-order valence-electron chi connectivity index (χ3n) is 6.62. The van der Waals surface area contributed by atoms with Crippen LogP contribution in [0.2, 0.25) is 0 Å². The van der Waals surface area contributed by atoms with E-state index >= 15 is 0 Å². The zero-order valence-corrected chi connectivity index (χ0v) is 15.9. The molecule has 3 aliphatic rings. The average molecular weight is 372 g/mol. The Kier molecular flexibility index (Phi) is 5.58. The number of nitrogens with zero attached hydrogens (tertiary/aromatic N) is 2. The monoisotopic (exact) mass is 372 g/mol. The molecule has 0 aromatic heterocycles. The molecule has 2 fully saturated rings. The molecule has 1 amide bonds. The molecule has 4 nitrogen and oxygen atoms in total. The number of aryl methyl sites for hydroxylation is 2. The number of likely N-dealkylation sites (tertiary alicyclic amines) is 2. The first-order valence-corrected chi connectivity index (χ1v) is 10.4. The van der Waals surface area contributed by atoms with Crippen LogP contribution in [0.5, 0.6) is 0 Å². The minimum absolute atomic E-state index is 0.0524. The molecule has 146 valence electrons. The molecule has 0 saturated carbocycles. The smallest absolute Gasteiger partial charge is 0.286 e. The molecule has 2 aliphatic heterocycles. The second-order valence-electron chi connectivity index (χ2n) is 8.35. The van der Waals surface area contributed by atoms with Gasteiger partial charge in [0.1, 0.15) is 6.17 Å². The van der Waals surface area contributed by atoms with Crippen molar-refractivity contribution in [3.63, 3.8) is 0 Å². The number of hydrogen-bond donors (Lipinski definition) is 0. The van der Waals surface area contributed by atoms with Crippen molar-refractivity contribution in [3.8, 4) is 0 Å². The van der Waals surface area contributed by atoms with Gasteiger partial charge < -0.3 is 4.90 Å². The Morgan fingerprint density at radius 2 is 1.93 bits per heavy atom. The lowest BCUT2D eigenvalue weighted by Crippen LogP contribution is -2.53. The summed E-state index contributed by atoms with van der Waals surface area (Å²) in [5.41, 5.74) is 4.18. The van der Waals surface area contributed by atoms with Crippen LogP contribution in [0.25, 0.3) is 0 Å². The van der Waals surface area contributed by atoms with Crippen molar-refractivity contribution in [1.29, 1.82) is 0 Å². The number of hydrogen-bond acceptors (Lipinski definition) is 3. The molecule has 2 saturated heterocycles. The SMILES string of the molecule is O=CC(=O)N1CCCC(c2ccc3c(c2)CCCC3)[C@H]1CN1CC[C@H](F)C1. The van der Waals surface area contributed by atoms with E-state index in [1.165, 1.54) is 29.5 Å². The van der Waals surface area contributed by atoms with Crippen molar-refractivity contribution < 1.29 is 14.0 Å². The van der Waals surface area contributed by atoms with Crippen molar-refractivity contribution in [1.82, 2.24) is 9.80 Å². The number of aldehydes is 1. The minimum atomic E-state index is -0.772. The first kappa shape index (κ1) is 18.6. The largest absolute Gasteiger partial charge is 0.331 e. The number of carbonyl (C=O) groups excluding carboxylic acids is 2. The molecule has 0 bridgehead atoms. The molecule has 3 atom stereocenters. The molecule has 2 heterocycles. The quantitative estimate of drug-likeness (QED) is 0.603. The number of amides is 1. The summed E-state index contributed by atoms with van der Waals surface area (Å²) < 4.78 is 13.7. The van der Waals surface area contributed by atoms with E-state index in [0.29, 0.717) is 32.3 Å². The maximum atomic E-state index is 13.7. The van der Waals surface area contributed by atoms with Gasteiger partial charge in [-0.3, -0.25) is 14.5 Å². The van der Waals surface area contributed by atoms with Crippen LogP contribution >= 0.6 is 0 Å². The van der Waals surface area contributed by atoms with E-state index < -0.39 is 12.1 Å². The number of rotatable bonds is 4. The zero-order valence-electron chi connectivity index (χ0n) is 15.9. The lowest BCUT2D eigenvalue weighted by molar-refractivity contribution is -0.142. The summed E-state index contributed by atoms with van der Waals surface area (Å²) in [5.74, 6) is -0.216. The Bertz CT molecular complexity index is 708. The topological polar surface area (TPSA) is 40.6 Å². The number of benzene rings is 1. The van der Waals surface area contributed by atoms with Gasteiger partial charge in [-0.2, -0.15) is 0 Å². The van der Waals surface area contributed by atoms with Crippen LogP contribution < -0.4 is 0 Å². The molecule has 1 aliphatic carbocycles. The second-order valence-corrected chi connectivity index (χ2v) is 8.35. The highest BCUT2D eigenvalue weighted by Gasteiger charge is 2.37. The highest BCUT2D eigenvalue weighted by atomic mass is 19.1. The maximum Gasteiger partial charge on any atom is 0.286 e. The molecular formula is C22H29FN2O2. The molecule has 1 aromatic carbocycles. The van der Waals surface area contributed by atoms with E-state index in [4.69, 9.17) is 0 Å². The Labute approximate surface area is 160 Å². The van der Waals surface area contributed by atoms with Crippen molar-refractivity contribution in [2.75, 3.05) is 26.2 Å². The van der Waals surface area contributed by atoms with Crippen molar-refractivity contribution in [2.24, 2.45) is 0 Å². The highest BCUT2D eigenvalue weighted by molar-refractivity contribution is 6.23. The molecule has 1 unspecified atom stereocenters. The molecule has 4 rings (SSSR count). The molecule has 0 N–H and O–H groups in total. The lowest BCUT2D eigenvalue weighted by atomic mass is 9.80. The normalized spacial score (nSPS) is 28.8. The van der Waals surface area contributed by atoms with Gasteiger partial charge in [0.25, 0.3) is 5.91 Å². The summed E-state index contributed by atoms with van der Waals surface area (Å²) in [6.45, 7) is 2.45. The van der Waals surface area contributed by atoms with Crippen LogP contribution in [0, 0.1) is 0 Å². The van der Waals surface area contributed by atoms with Gasteiger partial charge in [0.05, 0.1) is 6.04 Å². The van der Waals surface area contributed by atoms with Crippen LogP contribution in [-0.4, -0.2) is 60.4 Å². The third kappa shape index (κ3) is 3.93. The Morgan fingerprint density at radius 3 is 2.67 bits per heavy atom. The average Bonchev–Trinajstić information content (AvgIpc) is 3.12. The summed E-state index contributed by atoms with van der Waals surface area (Å²) in [4.78, 5) is 27.4. The number of fused-ring (bicyclic) bond motifs is 1. The van der Waals surface area contributed by atoms with Crippen LogP contribution in [0.15, 0.2) is 18.2 Å². The lowest BCUT2D eigenvalue weighted by Gasteiger charge is -2.42. The van der Waals surface area contributed by atoms with Gasteiger partial charge in [0.2, 0.25) is 6.29 Å². The van der Waals surface area contributed by atoms with Crippen molar-refractivity contribution in [2.45, 2.75) is 63.1 Å². The summed E-state index contributed by atoms with van der Waals surface area (Å²) in [5, 5.41) is 0. The first-order chi connectivity index (χ1) is 13.2. The number of halogens is 1. The van der Waals surface area contributed by atoms with Crippen molar-refractivity contribution >= 4 is 12.2 Å². The van der Waals surface area contributed by atoms with E-state index in [0.717, 1.165) is 32.2 Å². The van der Waals surface area contributed by atoms with Gasteiger partial charge in [0.15, 0.2) is 0 Å². The predicted molar refractivity (Wildman–Crippen MR) is 103 cm³/mol. The molecule has 27 heavy (non-hydrogen) atoms. The fourth-order valence-electron chi connectivity index (χ4n) is 5.21.